The number of rotatable bonds is 4. The van der Waals surface area contributed by atoms with Gasteiger partial charge in [0.15, 0.2) is 5.69 Å². The van der Waals surface area contributed by atoms with Gasteiger partial charge in [0.1, 0.15) is 11.9 Å². The Morgan fingerprint density at radius 2 is 2.41 bits per heavy atom. The zero-order chi connectivity index (χ0) is 15.5. The van der Waals surface area contributed by atoms with Crippen LogP contribution in [-0.2, 0) is 11.8 Å². The summed E-state index contributed by atoms with van der Waals surface area (Å²) >= 11 is 0. The van der Waals surface area contributed by atoms with Crippen molar-refractivity contribution in [2.45, 2.75) is 25.9 Å². The molecule has 0 aromatic carbocycles. The molecule has 1 N–H and O–H groups in total. The molecule has 0 aliphatic carbocycles. The van der Waals surface area contributed by atoms with E-state index >= 15 is 0 Å². The number of ether oxygens (including phenoxy) is 1. The Hall–Kier alpha value is -2.15. The molecule has 0 unspecified atom stereocenters. The van der Waals surface area contributed by atoms with E-state index in [1.165, 1.54) is 0 Å². The van der Waals surface area contributed by atoms with Crippen LogP contribution in [0, 0.1) is 12.8 Å². The molecule has 3 heterocycles. The van der Waals surface area contributed by atoms with Gasteiger partial charge >= 0.3 is 0 Å². The lowest BCUT2D eigenvalue weighted by molar-refractivity contribution is -0.0317. The van der Waals surface area contributed by atoms with Gasteiger partial charge in [-0.15, -0.1) is 0 Å². The van der Waals surface area contributed by atoms with Gasteiger partial charge in [-0.05, 0) is 25.8 Å². The normalized spacial score (nSPS) is 21.7. The molecule has 2 atom stereocenters. The van der Waals surface area contributed by atoms with Crippen LogP contribution in [0.3, 0.4) is 0 Å². The number of aromatic nitrogens is 3. The molecule has 2 aromatic rings. The summed E-state index contributed by atoms with van der Waals surface area (Å²) in [6, 6.07) is 3.59. The molecule has 1 aliphatic heterocycles. The third-order valence-corrected chi connectivity index (χ3v) is 3.98. The lowest BCUT2D eigenvalue weighted by Crippen LogP contribution is -2.35. The Balaban J connectivity index is 1.65. The first kappa shape index (κ1) is 14.8. The fourth-order valence-corrected chi connectivity index (χ4v) is 2.83. The number of aryl methyl sites for hydroxylation is 2. The van der Waals surface area contributed by atoms with Gasteiger partial charge in [-0.1, -0.05) is 5.16 Å². The minimum Gasteiger partial charge on any atom is -0.372 e. The summed E-state index contributed by atoms with van der Waals surface area (Å²) in [6.07, 6.45) is 3.73. The molecule has 0 spiro atoms. The van der Waals surface area contributed by atoms with Crippen LogP contribution in [0.5, 0.6) is 0 Å². The maximum Gasteiger partial charge on any atom is 0.273 e. The van der Waals surface area contributed by atoms with E-state index < -0.39 is 0 Å². The molecule has 0 saturated carbocycles. The maximum absolute atomic E-state index is 12.1. The van der Waals surface area contributed by atoms with Crippen LogP contribution in [0.25, 0.3) is 0 Å². The van der Waals surface area contributed by atoms with Gasteiger partial charge in [0.2, 0.25) is 0 Å². The fourth-order valence-electron chi connectivity index (χ4n) is 2.83. The molecule has 1 fully saturated rings. The fraction of sp³-hybridized carbons (Fsp3) is 0.533. The topological polar surface area (TPSA) is 82.2 Å². The van der Waals surface area contributed by atoms with Gasteiger partial charge < -0.3 is 14.6 Å². The number of hydrogen-bond donors (Lipinski definition) is 1. The first-order valence-corrected chi connectivity index (χ1v) is 7.46. The average Bonchev–Trinajstić information content (AvgIpc) is 3.14. The molecule has 0 bridgehead atoms. The van der Waals surface area contributed by atoms with Crippen molar-refractivity contribution in [3.63, 3.8) is 0 Å². The third-order valence-electron chi connectivity index (χ3n) is 3.98. The van der Waals surface area contributed by atoms with E-state index in [-0.39, 0.29) is 17.9 Å². The molecule has 0 radical (unpaired) electrons. The lowest BCUT2D eigenvalue weighted by atomic mass is 9.92. The quantitative estimate of drug-likeness (QED) is 0.928. The summed E-state index contributed by atoms with van der Waals surface area (Å²) in [5, 5.41) is 10.9. The van der Waals surface area contributed by atoms with Crippen molar-refractivity contribution in [2.75, 3.05) is 13.2 Å². The second kappa shape index (κ2) is 6.31. The first-order chi connectivity index (χ1) is 10.6. The van der Waals surface area contributed by atoms with E-state index in [1.807, 2.05) is 17.8 Å². The summed E-state index contributed by atoms with van der Waals surface area (Å²) in [5.41, 5.74) is 1.35. The molecular formula is C15H20N4O3. The lowest BCUT2D eigenvalue weighted by Gasteiger charge is -2.31. The van der Waals surface area contributed by atoms with Crippen LogP contribution >= 0.6 is 0 Å². The van der Waals surface area contributed by atoms with Crippen molar-refractivity contribution in [3.8, 4) is 0 Å². The molecule has 1 amide bonds. The van der Waals surface area contributed by atoms with Gasteiger partial charge in [-0.25, -0.2) is 0 Å². The molecule has 22 heavy (non-hydrogen) atoms. The second-order valence-electron chi connectivity index (χ2n) is 5.61. The second-order valence-corrected chi connectivity index (χ2v) is 5.61. The van der Waals surface area contributed by atoms with Crippen molar-refractivity contribution < 1.29 is 14.1 Å². The van der Waals surface area contributed by atoms with Crippen LogP contribution in [0.1, 0.15) is 40.9 Å². The van der Waals surface area contributed by atoms with Crippen molar-refractivity contribution in [2.24, 2.45) is 13.0 Å². The zero-order valence-electron chi connectivity index (χ0n) is 12.8. The smallest absolute Gasteiger partial charge is 0.273 e. The van der Waals surface area contributed by atoms with Crippen LogP contribution in [0.15, 0.2) is 22.9 Å². The highest BCUT2D eigenvalue weighted by molar-refractivity contribution is 5.92. The zero-order valence-corrected chi connectivity index (χ0v) is 12.8. The highest BCUT2D eigenvalue weighted by Gasteiger charge is 2.30. The minimum atomic E-state index is -0.217. The van der Waals surface area contributed by atoms with Gasteiger partial charge in [-0.3, -0.25) is 9.48 Å². The molecule has 1 saturated heterocycles. The molecule has 7 heteroatoms. The van der Waals surface area contributed by atoms with Crippen LogP contribution in [0.4, 0.5) is 0 Å². The first-order valence-electron chi connectivity index (χ1n) is 7.46. The SMILES string of the molecule is Cc1cc(C(=O)NC[C@@H]2CCCO[C@H]2c2ccnn2C)no1. The number of carbonyl (C=O) groups excluding carboxylic acids is 1. The van der Waals surface area contributed by atoms with Crippen molar-refractivity contribution >= 4 is 5.91 Å². The molecule has 2 aromatic heterocycles. The van der Waals surface area contributed by atoms with E-state index in [4.69, 9.17) is 9.26 Å². The van der Waals surface area contributed by atoms with E-state index in [2.05, 4.69) is 15.6 Å². The predicted octanol–water partition coefficient (Wildman–Crippen LogP) is 1.61. The Morgan fingerprint density at radius 1 is 1.55 bits per heavy atom. The van der Waals surface area contributed by atoms with E-state index in [9.17, 15) is 4.79 Å². The minimum absolute atomic E-state index is 0.0411. The summed E-state index contributed by atoms with van der Waals surface area (Å²) in [7, 11) is 1.90. The Kier molecular flexibility index (Phi) is 4.24. The van der Waals surface area contributed by atoms with Gasteiger partial charge in [0.25, 0.3) is 5.91 Å². The monoisotopic (exact) mass is 304 g/mol. The summed E-state index contributed by atoms with van der Waals surface area (Å²) in [5.74, 6) is 0.631. The van der Waals surface area contributed by atoms with E-state index in [0.29, 0.717) is 18.0 Å². The molecule has 7 nitrogen and oxygen atoms in total. The number of hydrogen-bond acceptors (Lipinski definition) is 5. The highest BCUT2D eigenvalue weighted by atomic mass is 16.5. The largest absolute Gasteiger partial charge is 0.372 e. The molecule has 3 rings (SSSR count). The molecule has 1 aliphatic rings. The Labute approximate surface area is 128 Å². The maximum atomic E-state index is 12.1. The van der Waals surface area contributed by atoms with Crippen molar-refractivity contribution in [1.82, 2.24) is 20.3 Å². The third kappa shape index (κ3) is 3.04. The summed E-state index contributed by atoms with van der Waals surface area (Å²) in [6.45, 7) is 3.04. The number of amides is 1. The number of nitrogens with zero attached hydrogens (tertiary/aromatic N) is 3. The van der Waals surface area contributed by atoms with Gasteiger partial charge in [0.05, 0.1) is 5.69 Å². The standard InChI is InChI=1S/C15H20N4O3/c1-10-8-12(18-22-10)15(20)16-9-11-4-3-7-21-14(11)13-5-6-17-19(13)2/h5-6,8,11,14H,3-4,7,9H2,1-2H3,(H,16,20)/t11-,14+/m0/s1. The Morgan fingerprint density at radius 3 is 3.09 bits per heavy atom. The van der Waals surface area contributed by atoms with Crippen LogP contribution < -0.4 is 5.32 Å². The average molecular weight is 304 g/mol. The summed E-state index contributed by atoms with van der Waals surface area (Å²) < 4.78 is 12.7. The van der Waals surface area contributed by atoms with Gasteiger partial charge in [0, 0.05) is 38.4 Å². The van der Waals surface area contributed by atoms with Crippen molar-refractivity contribution in [3.05, 3.63) is 35.5 Å². The Bertz CT molecular complexity index is 649. The molecular weight excluding hydrogens is 284 g/mol. The van der Waals surface area contributed by atoms with Crippen LogP contribution in [-0.4, -0.2) is 34.0 Å². The number of carbonyl (C=O) groups is 1. The molecule has 118 valence electrons. The predicted molar refractivity (Wildman–Crippen MR) is 78.2 cm³/mol. The van der Waals surface area contributed by atoms with Gasteiger partial charge in [-0.2, -0.15) is 5.10 Å². The summed E-state index contributed by atoms with van der Waals surface area (Å²) in [4.78, 5) is 12.1. The van der Waals surface area contributed by atoms with Crippen LogP contribution in [0.2, 0.25) is 0 Å². The van der Waals surface area contributed by atoms with E-state index in [1.54, 1.807) is 19.2 Å². The van der Waals surface area contributed by atoms with E-state index in [0.717, 1.165) is 25.1 Å². The highest BCUT2D eigenvalue weighted by Crippen LogP contribution is 2.32. The van der Waals surface area contributed by atoms with Crippen molar-refractivity contribution in [1.29, 1.82) is 0 Å². The number of nitrogens with one attached hydrogen (secondary N) is 1.